The monoisotopic (exact) mass is 362 g/mol. The van der Waals surface area contributed by atoms with Gasteiger partial charge in [-0.1, -0.05) is 42.5 Å². The Bertz CT molecular complexity index is 858. The molecule has 0 radical (unpaired) electrons. The average molecular weight is 362 g/mol. The minimum absolute atomic E-state index is 0.0232. The summed E-state index contributed by atoms with van der Waals surface area (Å²) in [5.74, 6) is 2.69. The number of hydrogen-bond acceptors (Lipinski definition) is 2. The van der Waals surface area contributed by atoms with E-state index >= 15 is 0 Å². The van der Waals surface area contributed by atoms with Crippen LogP contribution in [0.15, 0.2) is 42.5 Å². The summed E-state index contributed by atoms with van der Waals surface area (Å²) in [4.78, 5) is 25.2. The van der Waals surface area contributed by atoms with Gasteiger partial charge < -0.3 is 0 Å². The van der Waals surface area contributed by atoms with Crippen LogP contribution < -0.4 is 10.9 Å². The van der Waals surface area contributed by atoms with Crippen LogP contribution in [0.2, 0.25) is 0 Å². The molecule has 6 rings (SSSR count). The molecule has 0 saturated heterocycles. The van der Waals surface area contributed by atoms with Crippen molar-refractivity contribution in [1.29, 1.82) is 0 Å². The van der Waals surface area contributed by atoms with Gasteiger partial charge >= 0.3 is 0 Å². The Hall–Kier alpha value is -2.36. The van der Waals surface area contributed by atoms with Crippen LogP contribution in [0.3, 0.4) is 0 Å². The van der Waals surface area contributed by atoms with Crippen molar-refractivity contribution in [2.45, 2.75) is 38.5 Å². The van der Waals surface area contributed by atoms with E-state index in [9.17, 15) is 9.59 Å². The van der Waals surface area contributed by atoms with Crippen molar-refractivity contribution in [2.24, 2.45) is 29.6 Å². The lowest BCUT2D eigenvalue weighted by Gasteiger charge is -2.53. The van der Waals surface area contributed by atoms with Crippen LogP contribution in [0, 0.1) is 29.6 Å². The van der Waals surface area contributed by atoms with Gasteiger partial charge in [0.15, 0.2) is 0 Å². The SMILES string of the molecule is O=C(Cc1cccc2ccccc12)NNC(=O)C1C2CC3CC(C2)CC1C3. The van der Waals surface area contributed by atoms with Crippen LogP contribution >= 0.6 is 0 Å². The minimum atomic E-state index is -0.163. The first-order valence-electron chi connectivity index (χ1n) is 10.2. The van der Waals surface area contributed by atoms with Crippen molar-refractivity contribution < 1.29 is 9.59 Å². The Kier molecular flexibility index (Phi) is 4.14. The molecule has 0 aliphatic heterocycles. The van der Waals surface area contributed by atoms with Gasteiger partial charge in [-0.05, 0) is 72.1 Å². The van der Waals surface area contributed by atoms with E-state index in [1.165, 1.54) is 32.1 Å². The number of rotatable bonds is 3. The highest BCUT2D eigenvalue weighted by Crippen LogP contribution is 2.56. The second-order valence-electron chi connectivity index (χ2n) is 8.81. The summed E-state index contributed by atoms with van der Waals surface area (Å²) in [6.45, 7) is 0. The van der Waals surface area contributed by atoms with Crippen molar-refractivity contribution in [3.05, 3.63) is 48.0 Å². The highest BCUT2D eigenvalue weighted by atomic mass is 16.2. The lowest BCUT2D eigenvalue weighted by Crippen LogP contribution is -2.54. The van der Waals surface area contributed by atoms with Gasteiger partial charge in [-0.3, -0.25) is 20.4 Å². The minimum Gasteiger partial charge on any atom is -0.273 e. The number of hydrazine groups is 1. The van der Waals surface area contributed by atoms with Crippen LogP contribution in [-0.4, -0.2) is 11.8 Å². The van der Waals surface area contributed by atoms with Gasteiger partial charge in [-0.15, -0.1) is 0 Å². The second kappa shape index (κ2) is 6.66. The van der Waals surface area contributed by atoms with Crippen LogP contribution in [0.5, 0.6) is 0 Å². The zero-order valence-electron chi connectivity index (χ0n) is 15.5. The van der Waals surface area contributed by atoms with E-state index in [0.717, 1.165) is 28.2 Å². The van der Waals surface area contributed by atoms with Gasteiger partial charge in [0, 0.05) is 5.92 Å². The maximum atomic E-state index is 12.8. The van der Waals surface area contributed by atoms with E-state index in [-0.39, 0.29) is 24.2 Å². The maximum Gasteiger partial charge on any atom is 0.242 e. The zero-order valence-corrected chi connectivity index (χ0v) is 15.5. The van der Waals surface area contributed by atoms with Gasteiger partial charge in [0.25, 0.3) is 0 Å². The molecule has 4 bridgehead atoms. The third-order valence-corrected chi connectivity index (χ3v) is 7.09. The molecule has 0 spiro atoms. The predicted octanol–water partition coefficient (Wildman–Crippen LogP) is 3.60. The van der Waals surface area contributed by atoms with Crippen molar-refractivity contribution in [3.8, 4) is 0 Å². The maximum absolute atomic E-state index is 12.8. The molecule has 0 aromatic heterocycles. The van der Waals surface area contributed by atoms with E-state index in [0.29, 0.717) is 11.8 Å². The number of hydrogen-bond donors (Lipinski definition) is 2. The van der Waals surface area contributed by atoms with Crippen LogP contribution in [0.25, 0.3) is 10.8 Å². The van der Waals surface area contributed by atoms with Crippen molar-refractivity contribution in [2.75, 3.05) is 0 Å². The molecule has 4 aliphatic rings. The molecular formula is C23H26N2O2. The molecule has 0 unspecified atom stereocenters. The zero-order chi connectivity index (χ0) is 18.4. The molecule has 2 aromatic carbocycles. The number of amides is 2. The summed E-state index contributed by atoms with van der Waals surface area (Å²) < 4.78 is 0. The average Bonchev–Trinajstić information content (AvgIpc) is 2.66. The third-order valence-electron chi connectivity index (χ3n) is 7.09. The second-order valence-corrected chi connectivity index (χ2v) is 8.81. The van der Waals surface area contributed by atoms with Crippen LogP contribution in [-0.2, 0) is 16.0 Å². The molecule has 4 nitrogen and oxygen atoms in total. The summed E-state index contributed by atoms with van der Waals surface area (Å²) in [6, 6.07) is 14.1. The van der Waals surface area contributed by atoms with Crippen LogP contribution in [0.4, 0.5) is 0 Å². The molecule has 140 valence electrons. The molecule has 0 atom stereocenters. The summed E-state index contributed by atoms with van der Waals surface area (Å²) in [5.41, 5.74) is 6.39. The normalized spacial score (nSPS) is 31.0. The molecule has 27 heavy (non-hydrogen) atoms. The van der Waals surface area contributed by atoms with E-state index in [4.69, 9.17) is 0 Å². The smallest absolute Gasteiger partial charge is 0.242 e. The van der Waals surface area contributed by atoms with Crippen molar-refractivity contribution >= 4 is 22.6 Å². The Labute approximate surface area is 159 Å². The molecule has 4 saturated carbocycles. The quantitative estimate of drug-likeness (QED) is 0.820. The summed E-state index contributed by atoms with van der Waals surface area (Å²) in [6.07, 6.45) is 6.46. The van der Waals surface area contributed by atoms with Gasteiger partial charge in [0.05, 0.1) is 6.42 Å². The Morgan fingerprint density at radius 1 is 0.815 bits per heavy atom. The van der Waals surface area contributed by atoms with E-state index in [1.54, 1.807) is 0 Å². The first kappa shape index (κ1) is 16.8. The topological polar surface area (TPSA) is 58.2 Å². The molecule has 2 aromatic rings. The number of nitrogens with one attached hydrogen (secondary N) is 2. The molecule has 2 N–H and O–H groups in total. The summed E-state index contributed by atoms with van der Waals surface area (Å²) in [7, 11) is 0. The standard InChI is InChI=1S/C23H26N2O2/c26-21(13-17-6-3-5-16-4-1-2-7-20(16)17)24-25-23(27)22-18-9-14-8-15(11-18)12-19(22)10-14/h1-7,14-15,18-19,22H,8-13H2,(H,24,26)(H,25,27). The first-order valence-corrected chi connectivity index (χ1v) is 10.2. The fourth-order valence-electron chi connectivity index (χ4n) is 6.23. The highest BCUT2D eigenvalue weighted by Gasteiger charge is 2.50. The van der Waals surface area contributed by atoms with Gasteiger partial charge in [-0.25, -0.2) is 0 Å². The first-order chi connectivity index (χ1) is 13.2. The Morgan fingerprint density at radius 3 is 2.22 bits per heavy atom. The third kappa shape index (κ3) is 3.11. The molecule has 4 aliphatic carbocycles. The Morgan fingerprint density at radius 2 is 1.48 bits per heavy atom. The van der Waals surface area contributed by atoms with E-state index in [2.05, 4.69) is 10.9 Å². The van der Waals surface area contributed by atoms with Crippen LogP contribution in [0.1, 0.15) is 37.7 Å². The lowest BCUT2D eigenvalue weighted by atomic mass is 9.52. The molecule has 0 heterocycles. The highest BCUT2D eigenvalue weighted by molar-refractivity contribution is 5.91. The summed E-state index contributed by atoms with van der Waals surface area (Å²) >= 11 is 0. The fourth-order valence-corrected chi connectivity index (χ4v) is 6.23. The number of carbonyl (C=O) groups excluding carboxylic acids is 2. The summed E-state index contributed by atoms with van der Waals surface area (Å²) in [5, 5.41) is 2.21. The fraction of sp³-hybridized carbons (Fsp3) is 0.478. The Balaban J connectivity index is 1.21. The lowest BCUT2D eigenvalue weighted by molar-refractivity contribution is -0.141. The van der Waals surface area contributed by atoms with E-state index < -0.39 is 0 Å². The van der Waals surface area contributed by atoms with Gasteiger partial charge in [0.1, 0.15) is 0 Å². The molecule has 4 heteroatoms. The predicted molar refractivity (Wildman–Crippen MR) is 104 cm³/mol. The number of benzene rings is 2. The van der Waals surface area contributed by atoms with Crippen molar-refractivity contribution in [1.82, 2.24) is 10.9 Å². The molecular weight excluding hydrogens is 336 g/mol. The molecule has 4 fully saturated rings. The van der Waals surface area contributed by atoms with E-state index in [1.807, 2.05) is 42.5 Å². The number of fused-ring (bicyclic) bond motifs is 1. The van der Waals surface area contributed by atoms with Gasteiger partial charge in [-0.2, -0.15) is 0 Å². The largest absolute Gasteiger partial charge is 0.273 e. The van der Waals surface area contributed by atoms with Gasteiger partial charge in [0.2, 0.25) is 11.8 Å². The molecule has 2 amide bonds. The number of carbonyl (C=O) groups is 2. The van der Waals surface area contributed by atoms with Crippen molar-refractivity contribution in [3.63, 3.8) is 0 Å².